The molecule has 0 saturated heterocycles. The van der Waals surface area contributed by atoms with E-state index in [0.717, 1.165) is 0 Å². The van der Waals surface area contributed by atoms with Crippen LogP contribution in [0.15, 0.2) is 0 Å². The molecule has 1 N–H and O–H groups in total. The van der Waals surface area contributed by atoms with E-state index in [9.17, 15) is 0 Å². The van der Waals surface area contributed by atoms with Gasteiger partial charge in [-0.05, 0) is 0 Å². The van der Waals surface area contributed by atoms with Crippen molar-refractivity contribution in [1.29, 1.82) is 0 Å². The van der Waals surface area contributed by atoms with Crippen molar-refractivity contribution < 1.29 is 0 Å². The minimum atomic E-state index is -2.93. The third kappa shape index (κ3) is 2.69. The molecular weight excluding hydrogens is 243 g/mol. The zero-order valence-corrected chi connectivity index (χ0v) is 13.8. The SMILES string of the molecule is CN(C)P(Cl)(NC(C)(C)C)(N(C)C)N(C)C. The molecule has 0 amide bonds. The molecule has 0 bridgehead atoms. The van der Waals surface area contributed by atoms with Gasteiger partial charge in [0.25, 0.3) is 0 Å². The van der Waals surface area contributed by atoms with Gasteiger partial charge in [0, 0.05) is 0 Å². The summed E-state index contributed by atoms with van der Waals surface area (Å²) in [6.07, 6.45) is 0. The molecule has 0 aromatic heterocycles. The monoisotopic (exact) mass is 270 g/mol. The summed E-state index contributed by atoms with van der Waals surface area (Å²) < 4.78 is 6.29. The van der Waals surface area contributed by atoms with Gasteiger partial charge in [0.15, 0.2) is 0 Å². The Balaban J connectivity index is 5.65. The first kappa shape index (κ1) is 16.6. The van der Waals surface area contributed by atoms with E-state index in [2.05, 4.69) is 39.9 Å². The number of nitrogens with zero attached hydrogens (tertiary/aromatic N) is 3. The third-order valence-electron chi connectivity index (χ3n) is 2.65. The zero-order valence-electron chi connectivity index (χ0n) is 12.2. The summed E-state index contributed by atoms with van der Waals surface area (Å²) in [6.45, 7) is 3.47. The predicted octanol–water partition coefficient (Wildman–Crippen LogP) is 2.43. The van der Waals surface area contributed by atoms with Crippen LogP contribution in [0.2, 0.25) is 0 Å². The van der Waals surface area contributed by atoms with Crippen molar-refractivity contribution >= 4 is 17.8 Å². The molecule has 0 aromatic carbocycles. The van der Waals surface area contributed by atoms with Crippen molar-refractivity contribution in [1.82, 2.24) is 19.1 Å². The molecular formula is C10H28ClN4P. The second kappa shape index (κ2) is 4.68. The van der Waals surface area contributed by atoms with Crippen LogP contribution < -0.4 is 5.09 Å². The summed E-state index contributed by atoms with van der Waals surface area (Å²) in [7, 11) is 12.1. The maximum atomic E-state index is 7.08. The predicted molar refractivity (Wildman–Crippen MR) is 76.7 cm³/mol. The van der Waals surface area contributed by atoms with E-state index < -0.39 is 6.56 Å². The number of hydrogen-bond acceptors (Lipinski definition) is 4. The van der Waals surface area contributed by atoms with Gasteiger partial charge in [-0.1, -0.05) is 0 Å². The Labute approximate surface area is 106 Å². The van der Waals surface area contributed by atoms with Crippen LogP contribution in [0.3, 0.4) is 0 Å². The second-order valence-corrected chi connectivity index (χ2v) is 12.0. The Morgan fingerprint density at radius 2 is 1.06 bits per heavy atom. The van der Waals surface area contributed by atoms with Gasteiger partial charge in [-0.25, -0.2) is 0 Å². The van der Waals surface area contributed by atoms with Crippen molar-refractivity contribution in [2.45, 2.75) is 26.3 Å². The zero-order chi connectivity index (χ0) is 13.4. The molecule has 16 heavy (non-hydrogen) atoms. The topological polar surface area (TPSA) is 21.8 Å². The Hall–Kier alpha value is 0.560. The quantitative estimate of drug-likeness (QED) is 0.792. The second-order valence-electron chi connectivity index (χ2n) is 5.78. The van der Waals surface area contributed by atoms with Crippen molar-refractivity contribution in [2.24, 2.45) is 0 Å². The standard InChI is InChI=1S/C10H28ClN4P/c1-10(2,3)12-16(11,13(4)5,14(6)7)15(8)9/h12H,1-9H3. The Kier molecular flexibility index (Phi) is 4.84. The Morgan fingerprint density at radius 3 is 1.12 bits per heavy atom. The summed E-state index contributed by atoms with van der Waals surface area (Å²) in [5, 5.41) is 3.62. The average molecular weight is 271 g/mol. The summed E-state index contributed by atoms with van der Waals surface area (Å²) in [5.74, 6) is 0. The van der Waals surface area contributed by atoms with Gasteiger partial charge in [-0.3, -0.25) is 0 Å². The summed E-state index contributed by atoms with van der Waals surface area (Å²) >= 11 is 7.08. The van der Waals surface area contributed by atoms with Crippen molar-refractivity contribution in [2.75, 3.05) is 42.3 Å². The van der Waals surface area contributed by atoms with E-state index in [1.54, 1.807) is 0 Å². The van der Waals surface area contributed by atoms with Gasteiger partial charge in [0.05, 0.1) is 0 Å². The fourth-order valence-electron chi connectivity index (χ4n) is 1.95. The summed E-state index contributed by atoms with van der Waals surface area (Å²) in [6, 6.07) is 0. The molecule has 0 radical (unpaired) electrons. The van der Waals surface area contributed by atoms with Crippen molar-refractivity contribution in [3.05, 3.63) is 0 Å². The molecule has 0 heterocycles. The number of halogens is 1. The maximum absolute atomic E-state index is 7.08. The molecule has 0 fully saturated rings. The molecule has 0 rings (SSSR count). The first-order valence-corrected chi connectivity index (χ1v) is 8.43. The summed E-state index contributed by atoms with van der Waals surface area (Å²) in [4.78, 5) is 0. The molecule has 0 aliphatic carbocycles. The summed E-state index contributed by atoms with van der Waals surface area (Å²) in [5.41, 5.74) is -0.0572. The minimum absolute atomic E-state index is 0.0572. The molecule has 0 saturated carbocycles. The Morgan fingerprint density at radius 1 is 0.812 bits per heavy atom. The average Bonchev–Trinajstić information content (AvgIpc) is 1.99. The van der Waals surface area contributed by atoms with E-state index in [1.165, 1.54) is 0 Å². The van der Waals surface area contributed by atoms with Crippen LogP contribution in [0.4, 0.5) is 0 Å². The van der Waals surface area contributed by atoms with Gasteiger partial charge < -0.3 is 0 Å². The van der Waals surface area contributed by atoms with Crippen LogP contribution in [0.25, 0.3) is 0 Å². The number of rotatable bonds is 4. The van der Waals surface area contributed by atoms with E-state index in [4.69, 9.17) is 11.2 Å². The van der Waals surface area contributed by atoms with Crippen molar-refractivity contribution in [3.63, 3.8) is 0 Å². The van der Waals surface area contributed by atoms with Crippen LogP contribution in [0.1, 0.15) is 20.8 Å². The molecule has 0 spiro atoms. The van der Waals surface area contributed by atoms with Crippen molar-refractivity contribution in [3.8, 4) is 0 Å². The molecule has 0 aromatic rings. The van der Waals surface area contributed by atoms with Crippen LogP contribution in [-0.2, 0) is 0 Å². The fourth-order valence-corrected chi connectivity index (χ4v) is 6.61. The molecule has 100 valence electrons. The van der Waals surface area contributed by atoms with Gasteiger partial charge >= 0.3 is 105 Å². The molecule has 0 unspecified atom stereocenters. The van der Waals surface area contributed by atoms with Crippen LogP contribution >= 0.6 is 17.8 Å². The van der Waals surface area contributed by atoms with Gasteiger partial charge in [0.1, 0.15) is 0 Å². The third-order valence-corrected chi connectivity index (χ3v) is 10.9. The van der Waals surface area contributed by atoms with E-state index in [1.807, 2.05) is 42.3 Å². The molecule has 6 heteroatoms. The van der Waals surface area contributed by atoms with E-state index >= 15 is 0 Å². The molecule has 0 aliphatic rings. The normalized spacial score (nSPS) is 16.9. The first-order valence-electron chi connectivity index (χ1n) is 5.43. The Bertz CT molecular complexity index is 223. The van der Waals surface area contributed by atoms with Crippen LogP contribution in [0, 0.1) is 0 Å². The van der Waals surface area contributed by atoms with Gasteiger partial charge in [0.2, 0.25) is 0 Å². The number of hydrogen-bond donors (Lipinski definition) is 1. The van der Waals surface area contributed by atoms with Gasteiger partial charge in [-0.15, -0.1) is 0 Å². The molecule has 0 atom stereocenters. The van der Waals surface area contributed by atoms with Crippen LogP contribution in [0.5, 0.6) is 0 Å². The van der Waals surface area contributed by atoms with E-state index in [0.29, 0.717) is 0 Å². The first-order chi connectivity index (χ1) is 6.86. The van der Waals surface area contributed by atoms with Crippen LogP contribution in [-0.4, -0.2) is 61.8 Å². The fraction of sp³-hybridized carbons (Fsp3) is 1.00. The molecule has 4 nitrogen and oxygen atoms in total. The van der Waals surface area contributed by atoms with E-state index in [-0.39, 0.29) is 5.54 Å². The molecule has 0 aliphatic heterocycles. The van der Waals surface area contributed by atoms with Gasteiger partial charge in [-0.2, -0.15) is 0 Å². The number of nitrogens with one attached hydrogen (secondary N) is 1.